The lowest BCUT2D eigenvalue weighted by atomic mass is 10.0. The van der Waals surface area contributed by atoms with E-state index in [0.29, 0.717) is 22.5 Å². The van der Waals surface area contributed by atoms with Crippen LogP contribution in [0, 0.1) is 16.2 Å². The van der Waals surface area contributed by atoms with Crippen molar-refractivity contribution in [2.45, 2.75) is 0 Å². The largest absolute Gasteiger partial charge is 0.383 e. The Balaban J connectivity index is 2.31. The van der Waals surface area contributed by atoms with Crippen LogP contribution in [0.1, 0.15) is 16.7 Å². The summed E-state index contributed by atoms with van der Waals surface area (Å²) in [5.41, 5.74) is 13.0. The molecule has 0 unspecified atom stereocenters. The third-order valence-corrected chi connectivity index (χ3v) is 3.67. The lowest BCUT2D eigenvalue weighted by Gasteiger charge is -2.11. The third kappa shape index (κ3) is 3.64. The van der Waals surface area contributed by atoms with Crippen molar-refractivity contribution in [3.8, 4) is 0 Å². The SMILES string of the molecule is CNc1ncnc(N)c1C(=N)c1ccc(C(=N)SC(=N)N)cc1. The van der Waals surface area contributed by atoms with Gasteiger partial charge in [-0.1, -0.05) is 24.3 Å². The number of anilines is 2. The number of nitrogens with zero attached hydrogens (tertiary/aromatic N) is 2. The lowest BCUT2D eigenvalue weighted by Crippen LogP contribution is -2.12. The fourth-order valence-electron chi connectivity index (χ4n) is 1.94. The molecule has 0 bridgehead atoms. The number of thioether (sulfide) groups is 1. The molecule has 0 aliphatic heterocycles. The molecule has 2 aromatic rings. The highest BCUT2D eigenvalue weighted by atomic mass is 32.2. The van der Waals surface area contributed by atoms with Crippen LogP contribution in [0.5, 0.6) is 0 Å². The first-order valence-electron chi connectivity index (χ1n) is 6.52. The Labute approximate surface area is 137 Å². The van der Waals surface area contributed by atoms with E-state index in [1.165, 1.54) is 6.33 Å². The van der Waals surface area contributed by atoms with Crippen molar-refractivity contribution in [1.82, 2.24) is 9.97 Å². The van der Waals surface area contributed by atoms with Crippen LogP contribution in [-0.2, 0) is 0 Å². The van der Waals surface area contributed by atoms with Crippen molar-refractivity contribution in [3.05, 3.63) is 47.3 Å². The summed E-state index contributed by atoms with van der Waals surface area (Å²) in [6.45, 7) is 0. The van der Waals surface area contributed by atoms with E-state index in [1.807, 2.05) is 0 Å². The van der Waals surface area contributed by atoms with Gasteiger partial charge in [0.25, 0.3) is 0 Å². The Kier molecular flexibility index (Phi) is 4.91. The molecule has 2 rings (SSSR count). The minimum Gasteiger partial charge on any atom is -0.383 e. The summed E-state index contributed by atoms with van der Waals surface area (Å²) >= 11 is 0.867. The predicted molar refractivity (Wildman–Crippen MR) is 94.7 cm³/mol. The molecular formula is C14H16N8S. The Bertz CT molecular complexity index is 769. The molecule has 0 aliphatic carbocycles. The molecule has 0 saturated heterocycles. The average molecular weight is 328 g/mol. The van der Waals surface area contributed by atoms with E-state index < -0.39 is 0 Å². The van der Waals surface area contributed by atoms with Crippen molar-refractivity contribution in [3.63, 3.8) is 0 Å². The molecule has 0 fully saturated rings. The predicted octanol–water partition coefficient (Wildman–Crippen LogP) is 1.47. The van der Waals surface area contributed by atoms with Gasteiger partial charge in [0.2, 0.25) is 0 Å². The molecule has 0 spiro atoms. The number of nitrogens with two attached hydrogens (primary N) is 2. The van der Waals surface area contributed by atoms with Gasteiger partial charge in [0.05, 0.1) is 11.3 Å². The first kappa shape index (κ1) is 16.4. The smallest absolute Gasteiger partial charge is 0.157 e. The molecule has 118 valence electrons. The maximum Gasteiger partial charge on any atom is 0.157 e. The molecular weight excluding hydrogens is 312 g/mol. The van der Waals surface area contributed by atoms with E-state index in [9.17, 15) is 0 Å². The maximum atomic E-state index is 8.33. The van der Waals surface area contributed by atoms with E-state index >= 15 is 0 Å². The zero-order valence-corrected chi connectivity index (χ0v) is 13.2. The van der Waals surface area contributed by atoms with Crippen LogP contribution < -0.4 is 16.8 Å². The van der Waals surface area contributed by atoms with E-state index in [2.05, 4.69) is 15.3 Å². The summed E-state index contributed by atoms with van der Waals surface area (Å²) in [7, 11) is 1.70. The summed E-state index contributed by atoms with van der Waals surface area (Å²) in [6, 6.07) is 6.81. The normalized spacial score (nSPS) is 10.1. The second-order valence-electron chi connectivity index (χ2n) is 4.48. The molecule has 0 aliphatic rings. The molecule has 8 N–H and O–H groups in total. The third-order valence-electron chi connectivity index (χ3n) is 3.01. The van der Waals surface area contributed by atoms with Gasteiger partial charge in [0.15, 0.2) is 5.17 Å². The van der Waals surface area contributed by atoms with Crippen LogP contribution in [0.15, 0.2) is 30.6 Å². The molecule has 0 amide bonds. The first-order chi connectivity index (χ1) is 10.9. The quantitative estimate of drug-likeness (QED) is 0.368. The highest BCUT2D eigenvalue weighted by Crippen LogP contribution is 2.22. The molecule has 8 nitrogen and oxygen atoms in total. The number of nitrogens with one attached hydrogen (secondary N) is 4. The van der Waals surface area contributed by atoms with E-state index in [0.717, 1.165) is 11.8 Å². The van der Waals surface area contributed by atoms with Gasteiger partial charge >= 0.3 is 0 Å². The van der Waals surface area contributed by atoms with Crippen LogP contribution >= 0.6 is 11.8 Å². The van der Waals surface area contributed by atoms with E-state index in [4.69, 9.17) is 27.7 Å². The number of hydrogen-bond donors (Lipinski definition) is 6. The number of nitrogen functional groups attached to an aromatic ring is 1. The second-order valence-corrected chi connectivity index (χ2v) is 5.53. The highest BCUT2D eigenvalue weighted by Gasteiger charge is 2.15. The number of aromatic nitrogens is 2. The van der Waals surface area contributed by atoms with Crippen molar-refractivity contribution in [2.24, 2.45) is 5.73 Å². The monoisotopic (exact) mass is 328 g/mol. The van der Waals surface area contributed by atoms with Gasteiger partial charge in [-0.15, -0.1) is 0 Å². The van der Waals surface area contributed by atoms with Gasteiger partial charge in [-0.05, 0) is 11.8 Å². The summed E-state index contributed by atoms with van der Waals surface area (Å²) in [4.78, 5) is 7.99. The molecule has 1 aromatic heterocycles. The van der Waals surface area contributed by atoms with Gasteiger partial charge in [-0.2, -0.15) is 0 Å². The van der Waals surface area contributed by atoms with Crippen molar-refractivity contribution in [2.75, 3.05) is 18.1 Å². The molecule has 0 radical (unpaired) electrons. The Hall–Kier alpha value is -2.94. The van der Waals surface area contributed by atoms with Crippen LogP contribution in [0.25, 0.3) is 0 Å². The van der Waals surface area contributed by atoms with E-state index in [1.54, 1.807) is 31.3 Å². The second kappa shape index (κ2) is 6.88. The summed E-state index contributed by atoms with van der Waals surface area (Å²) in [5, 5.41) is 26.3. The standard InChI is InChI=1S/C14H16N8S/c1-20-13-9(11(16)21-6-22-13)10(15)7-2-4-8(5-3-7)12(17)23-14(18)19/h2-6,15,17H,1H3,(H3,18,19)(H3,16,20,21,22). The van der Waals surface area contributed by atoms with Crippen LogP contribution in [0.4, 0.5) is 11.6 Å². The average Bonchev–Trinajstić information content (AvgIpc) is 2.53. The lowest BCUT2D eigenvalue weighted by molar-refractivity contribution is 1.15. The first-order valence-corrected chi connectivity index (χ1v) is 7.34. The zero-order valence-electron chi connectivity index (χ0n) is 12.3. The number of rotatable bonds is 4. The minimum absolute atomic E-state index is 0.139. The molecule has 1 heterocycles. The van der Waals surface area contributed by atoms with Crippen LogP contribution in [-0.4, -0.2) is 32.9 Å². The Morgan fingerprint density at radius 2 is 1.70 bits per heavy atom. The Morgan fingerprint density at radius 3 is 2.26 bits per heavy atom. The Morgan fingerprint density at radius 1 is 1.09 bits per heavy atom. The maximum absolute atomic E-state index is 8.33. The van der Waals surface area contributed by atoms with Gasteiger partial charge in [0, 0.05) is 18.2 Å². The zero-order chi connectivity index (χ0) is 17.0. The minimum atomic E-state index is -0.139. The van der Waals surface area contributed by atoms with E-state index in [-0.39, 0.29) is 21.7 Å². The summed E-state index contributed by atoms with van der Waals surface area (Å²) < 4.78 is 0. The van der Waals surface area contributed by atoms with Crippen LogP contribution in [0.3, 0.4) is 0 Å². The number of amidine groups is 1. The molecule has 23 heavy (non-hydrogen) atoms. The van der Waals surface area contributed by atoms with Crippen molar-refractivity contribution >= 4 is 39.3 Å². The molecule has 1 aromatic carbocycles. The summed E-state index contributed by atoms with van der Waals surface area (Å²) in [6.07, 6.45) is 1.33. The fraction of sp³-hybridized carbons (Fsp3) is 0.0714. The van der Waals surface area contributed by atoms with Gasteiger partial charge in [0.1, 0.15) is 23.0 Å². The van der Waals surface area contributed by atoms with Gasteiger partial charge < -0.3 is 16.8 Å². The summed E-state index contributed by atoms with van der Waals surface area (Å²) in [5.74, 6) is 0.699. The molecule has 0 saturated carbocycles. The number of hydrogen-bond acceptors (Lipinski definition) is 8. The van der Waals surface area contributed by atoms with Crippen molar-refractivity contribution in [1.29, 1.82) is 16.2 Å². The molecule has 0 atom stereocenters. The topological polar surface area (TPSA) is 161 Å². The van der Waals surface area contributed by atoms with Crippen LogP contribution in [0.2, 0.25) is 0 Å². The fourth-order valence-corrected chi connectivity index (χ4v) is 2.41. The highest BCUT2D eigenvalue weighted by molar-refractivity contribution is 8.26. The van der Waals surface area contributed by atoms with Crippen molar-refractivity contribution < 1.29 is 0 Å². The van der Waals surface area contributed by atoms with Gasteiger partial charge in [-0.3, -0.25) is 16.2 Å². The van der Waals surface area contributed by atoms with Gasteiger partial charge in [-0.25, -0.2) is 9.97 Å². The number of benzene rings is 1. The molecule has 9 heteroatoms.